The van der Waals surface area contributed by atoms with Gasteiger partial charge in [-0.25, -0.2) is 0 Å². The zero-order valence-corrected chi connectivity index (χ0v) is 14.1. The molecule has 0 aromatic rings. The number of hydrogen-bond donors (Lipinski definition) is 0. The van der Waals surface area contributed by atoms with Crippen LogP contribution in [0.5, 0.6) is 0 Å². The van der Waals surface area contributed by atoms with E-state index in [1.807, 2.05) is 0 Å². The maximum absolute atomic E-state index is 5.55. The molecule has 0 saturated carbocycles. The van der Waals surface area contributed by atoms with Crippen LogP contribution in [0.2, 0.25) is 0 Å². The second-order valence-corrected chi connectivity index (χ2v) is 5.64. The van der Waals surface area contributed by atoms with Crippen LogP contribution in [0.25, 0.3) is 0 Å². The second kappa shape index (κ2) is 8.93. The third-order valence-electron chi connectivity index (χ3n) is 1.81. The number of rotatable bonds is 6. The number of halogens is 2. The van der Waals surface area contributed by atoms with Gasteiger partial charge >= 0.3 is 0 Å². The van der Waals surface area contributed by atoms with Crippen molar-refractivity contribution in [3.05, 3.63) is 0 Å². The lowest BCUT2D eigenvalue weighted by Gasteiger charge is -2.25. The van der Waals surface area contributed by atoms with E-state index in [0.717, 1.165) is 35.3 Å². The number of quaternary nitrogens is 2. The summed E-state index contributed by atoms with van der Waals surface area (Å²) in [6.45, 7) is 3.89. The van der Waals surface area contributed by atoms with Crippen molar-refractivity contribution < 1.29 is 47.7 Å². The molecule has 96 valence electrons. The van der Waals surface area contributed by atoms with Gasteiger partial charge in [0.15, 0.2) is 0 Å². The van der Waals surface area contributed by atoms with Crippen LogP contribution in [0.1, 0.15) is 0 Å². The van der Waals surface area contributed by atoms with Crippen LogP contribution in [0, 0.1) is 0 Å². The Bertz CT molecular complexity index is 125. The smallest absolute Gasteiger partial charge is 0.102 e. The summed E-state index contributed by atoms with van der Waals surface area (Å²) in [5.41, 5.74) is 0. The van der Waals surface area contributed by atoms with Gasteiger partial charge in [0, 0.05) is 0 Å². The summed E-state index contributed by atoms with van der Waals surface area (Å²) in [6, 6.07) is 0. The highest BCUT2D eigenvalue weighted by Gasteiger charge is 2.08. The molecule has 0 saturated heterocycles. The largest absolute Gasteiger partial charge is 1.00 e. The number of nitrogens with zero attached hydrogens (tertiary/aromatic N) is 2. The van der Waals surface area contributed by atoms with E-state index in [9.17, 15) is 0 Å². The molecule has 0 aliphatic rings. The van der Waals surface area contributed by atoms with Gasteiger partial charge in [0.1, 0.15) is 13.1 Å². The van der Waals surface area contributed by atoms with Gasteiger partial charge in [-0.05, 0) is 0 Å². The molecule has 0 fully saturated rings. The molecule has 0 rings (SSSR count). The zero-order chi connectivity index (χ0) is 10.5. The molecule has 0 N–H and O–H groups in total. The predicted molar refractivity (Wildman–Crippen MR) is 56.6 cm³/mol. The minimum absolute atomic E-state index is 0. The average Bonchev–Trinajstić information content (AvgIpc) is 1.81. The monoisotopic (exact) mass is 348 g/mol. The Morgan fingerprint density at radius 2 is 0.933 bits per heavy atom. The fourth-order valence-corrected chi connectivity index (χ4v) is 0.779. The van der Waals surface area contributed by atoms with Crippen molar-refractivity contribution in [2.75, 3.05) is 68.6 Å². The van der Waals surface area contributed by atoms with Gasteiger partial charge in [0.25, 0.3) is 0 Å². The quantitative estimate of drug-likeness (QED) is 0.343. The van der Waals surface area contributed by atoms with Gasteiger partial charge in [-0.3, -0.25) is 0 Å². The Morgan fingerprint density at radius 1 is 0.667 bits per heavy atom. The van der Waals surface area contributed by atoms with Crippen molar-refractivity contribution in [2.45, 2.75) is 0 Å². The predicted octanol–water partition coefficient (Wildman–Crippen LogP) is -5.58. The highest BCUT2D eigenvalue weighted by molar-refractivity contribution is 4.31. The molecular formula is C10H26Br2N2O. The Kier molecular flexibility index (Phi) is 12.6. The third kappa shape index (κ3) is 20.8. The number of ether oxygens (including phenoxy) is 1. The minimum Gasteiger partial charge on any atom is -1.00 e. The lowest BCUT2D eigenvalue weighted by molar-refractivity contribution is -0.874. The maximum atomic E-state index is 5.55. The van der Waals surface area contributed by atoms with E-state index in [2.05, 4.69) is 42.3 Å². The van der Waals surface area contributed by atoms with Gasteiger partial charge in [0.2, 0.25) is 0 Å². The van der Waals surface area contributed by atoms with Crippen molar-refractivity contribution >= 4 is 0 Å². The van der Waals surface area contributed by atoms with Crippen molar-refractivity contribution in [3.63, 3.8) is 0 Å². The Morgan fingerprint density at radius 3 is 1.13 bits per heavy atom. The molecule has 0 unspecified atom stereocenters. The number of likely N-dealkylation sites (N-methyl/N-ethyl adjacent to an activating group) is 2. The van der Waals surface area contributed by atoms with E-state index < -0.39 is 0 Å². The van der Waals surface area contributed by atoms with Crippen LogP contribution in [0.4, 0.5) is 0 Å². The first-order valence-electron chi connectivity index (χ1n) is 4.89. The Hall–Kier alpha value is 0.840. The van der Waals surface area contributed by atoms with Crippen LogP contribution in [0.3, 0.4) is 0 Å². The van der Waals surface area contributed by atoms with Crippen LogP contribution in [0.15, 0.2) is 0 Å². The number of hydrogen-bond acceptors (Lipinski definition) is 1. The fraction of sp³-hybridized carbons (Fsp3) is 1.00. The Labute approximate surface area is 116 Å². The van der Waals surface area contributed by atoms with Gasteiger partial charge in [-0.1, -0.05) is 0 Å². The second-order valence-electron chi connectivity index (χ2n) is 5.64. The van der Waals surface area contributed by atoms with E-state index in [0.29, 0.717) is 0 Å². The summed E-state index contributed by atoms with van der Waals surface area (Å²) in [7, 11) is 13.1. The van der Waals surface area contributed by atoms with Gasteiger partial charge in [-0.2, -0.15) is 0 Å². The molecule has 0 aromatic carbocycles. The van der Waals surface area contributed by atoms with Gasteiger partial charge in [-0.15, -0.1) is 0 Å². The molecule has 0 heterocycles. The maximum Gasteiger partial charge on any atom is 0.102 e. The summed E-state index contributed by atoms with van der Waals surface area (Å²) in [4.78, 5) is 0. The highest BCUT2D eigenvalue weighted by Crippen LogP contribution is 1.92. The average molecular weight is 350 g/mol. The van der Waals surface area contributed by atoms with Crippen molar-refractivity contribution in [3.8, 4) is 0 Å². The molecule has 0 radical (unpaired) electrons. The van der Waals surface area contributed by atoms with Crippen molar-refractivity contribution in [1.82, 2.24) is 0 Å². The first kappa shape index (κ1) is 21.2. The molecule has 0 aromatic heterocycles. The Balaban J connectivity index is -0.000000720. The van der Waals surface area contributed by atoms with E-state index in [1.165, 1.54) is 0 Å². The SMILES string of the molecule is C[N+](C)(C)CCOCC[N+](C)(C)C.[Br-].[Br-]. The van der Waals surface area contributed by atoms with E-state index in [-0.39, 0.29) is 34.0 Å². The summed E-state index contributed by atoms with van der Waals surface area (Å²) < 4.78 is 7.51. The van der Waals surface area contributed by atoms with Gasteiger partial charge in [0.05, 0.1) is 55.5 Å². The molecular weight excluding hydrogens is 324 g/mol. The molecule has 0 aliphatic heterocycles. The molecule has 0 amide bonds. The van der Waals surface area contributed by atoms with Gasteiger partial charge < -0.3 is 47.7 Å². The molecule has 0 aliphatic carbocycles. The third-order valence-corrected chi connectivity index (χ3v) is 1.81. The summed E-state index contributed by atoms with van der Waals surface area (Å²) in [6.07, 6.45) is 0. The van der Waals surface area contributed by atoms with Crippen LogP contribution in [-0.4, -0.2) is 77.6 Å². The molecule has 5 heteroatoms. The summed E-state index contributed by atoms with van der Waals surface area (Å²) >= 11 is 0. The standard InChI is InChI=1S/C10H26N2O.2BrH/c1-11(2,3)7-9-13-10-8-12(4,5)6;;/h7-10H2,1-6H3;2*1H/q+2;;/p-2. The molecule has 15 heavy (non-hydrogen) atoms. The topological polar surface area (TPSA) is 9.23 Å². The summed E-state index contributed by atoms with van der Waals surface area (Å²) in [5.74, 6) is 0. The normalized spacial score (nSPS) is 11.6. The summed E-state index contributed by atoms with van der Waals surface area (Å²) in [5, 5.41) is 0. The first-order chi connectivity index (χ1) is 5.71. The first-order valence-corrected chi connectivity index (χ1v) is 4.89. The lowest BCUT2D eigenvalue weighted by atomic mass is 10.5. The van der Waals surface area contributed by atoms with Crippen LogP contribution in [-0.2, 0) is 4.74 Å². The van der Waals surface area contributed by atoms with E-state index in [4.69, 9.17) is 4.74 Å². The highest BCUT2D eigenvalue weighted by atomic mass is 79.9. The molecule has 0 spiro atoms. The van der Waals surface area contributed by atoms with Crippen LogP contribution < -0.4 is 34.0 Å². The van der Waals surface area contributed by atoms with E-state index in [1.54, 1.807) is 0 Å². The van der Waals surface area contributed by atoms with E-state index >= 15 is 0 Å². The van der Waals surface area contributed by atoms with Crippen molar-refractivity contribution in [1.29, 1.82) is 0 Å². The lowest BCUT2D eigenvalue weighted by Crippen LogP contribution is -3.00. The molecule has 3 nitrogen and oxygen atoms in total. The van der Waals surface area contributed by atoms with Crippen LogP contribution >= 0.6 is 0 Å². The molecule has 0 bridgehead atoms. The minimum atomic E-state index is 0. The fourth-order valence-electron chi connectivity index (χ4n) is 0.779. The van der Waals surface area contributed by atoms with Crippen molar-refractivity contribution in [2.24, 2.45) is 0 Å². The molecule has 0 atom stereocenters. The zero-order valence-electron chi connectivity index (χ0n) is 10.9.